The SMILES string of the molecule is O=C(N[C@@H]1CCOC[C@H]1Oc1cccc(F)c1)c1cnc2ccccn2c1=O. The quantitative estimate of drug-likeness (QED) is 0.743. The van der Waals surface area contributed by atoms with Crippen molar-refractivity contribution in [3.8, 4) is 5.75 Å². The first-order valence-corrected chi connectivity index (χ1v) is 8.89. The molecular weight excluding hydrogens is 365 g/mol. The number of hydrogen-bond donors (Lipinski definition) is 1. The van der Waals surface area contributed by atoms with Crippen molar-refractivity contribution in [1.29, 1.82) is 0 Å². The van der Waals surface area contributed by atoms with Crippen LogP contribution in [0.3, 0.4) is 0 Å². The Hall–Kier alpha value is -3.26. The van der Waals surface area contributed by atoms with Gasteiger partial charge in [0.2, 0.25) is 0 Å². The second kappa shape index (κ2) is 7.77. The average Bonchev–Trinajstić information content (AvgIpc) is 2.70. The minimum absolute atomic E-state index is 0.0558. The van der Waals surface area contributed by atoms with Gasteiger partial charge in [0.25, 0.3) is 11.5 Å². The third-order valence-corrected chi connectivity index (χ3v) is 4.56. The number of pyridine rings is 1. The molecule has 144 valence electrons. The van der Waals surface area contributed by atoms with Crippen LogP contribution >= 0.6 is 0 Å². The first-order valence-electron chi connectivity index (χ1n) is 8.89. The molecule has 8 heteroatoms. The van der Waals surface area contributed by atoms with Crippen molar-refractivity contribution in [2.45, 2.75) is 18.6 Å². The number of halogens is 1. The van der Waals surface area contributed by atoms with E-state index in [1.807, 2.05) is 0 Å². The van der Waals surface area contributed by atoms with Gasteiger partial charge in [-0.3, -0.25) is 14.0 Å². The van der Waals surface area contributed by atoms with Crippen LogP contribution in [0.15, 0.2) is 59.7 Å². The number of aromatic nitrogens is 2. The molecule has 2 aromatic heterocycles. The van der Waals surface area contributed by atoms with Gasteiger partial charge in [-0.25, -0.2) is 9.37 Å². The minimum Gasteiger partial charge on any atom is -0.486 e. The second-order valence-electron chi connectivity index (χ2n) is 6.46. The first-order chi connectivity index (χ1) is 13.6. The van der Waals surface area contributed by atoms with Crippen molar-refractivity contribution < 1.29 is 18.7 Å². The van der Waals surface area contributed by atoms with E-state index >= 15 is 0 Å². The Morgan fingerprint density at radius 2 is 2.18 bits per heavy atom. The van der Waals surface area contributed by atoms with Gasteiger partial charge in [-0.05, 0) is 30.7 Å². The predicted molar refractivity (Wildman–Crippen MR) is 99.0 cm³/mol. The average molecular weight is 383 g/mol. The third kappa shape index (κ3) is 3.72. The summed E-state index contributed by atoms with van der Waals surface area (Å²) in [5, 5.41) is 2.83. The molecule has 3 aromatic rings. The normalized spacial score (nSPS) is 19.3. The summed E-state index contributed by atoms with van der Waals surface area (Å²) < 4.78 is 26.0. The Morgan fingerprint density at radius 1 is 1.29 bits per heavy atom. The zero-order valence-corrected chi connectivity index (χ0v) is 14.9. The van der Waals surface area contributed by atoms with Crippen LogP contribution in [-0.4, -0.2) is 40.7 Å². The Labute approximate surface area is 159 Å². The Bertz CT molecular complexity index is 1070. The summed E-state index contributed by atoms with van der Waals surface area (Å²) in [5.74, 6) is -0.595. The highest BCUT2D eigenvalue weighted by Crippen LogP contribution is 2.19. The zero-order chi connectivity index (χ0) is 19.5. The van der Waals surface area contributed by atoms with Gasteiger partial charge in [-0.2, -0.15) is 0 Å². The van der Waals surface area contributed by atoms with E-state index in [9.17, 15) is 14.0 Å². The molecule has 4 rings (SSSR count). The fourth-order valence-electron chi connectivity index (χ4n) is 3.14. The highest BCUT2D eigenvalue weighted by Gasteiger charge is 2.30. The number of ether oxygens (including phenoxy) is 2. The molecule has 1 amide bonds. The third-order valence-electron chi connectivity index (χ3n) is 4.56. The van der Waals surface area contributed by atoms with Gasteiger partial charge in [0.05, 0.1) is 12.6 Å². The molecule has 1 aliphatic heterocycles. The van der Waals surface area contributed by atoms with Crippen molar-refractivity contribution in [2.75, 3.05) is 13.2 Å². The maximum Gasteiger partial charge on any atom is 0.270 e. The number of carbonyl (C=O) groups is 1. The highest BCUT2D eigenvalue weighted by molar-refractivity contribution is 5.94. The maximum atomic E-state index is 13.4. The van der Waals surface area contributed by atoms with Gasteiger partial charge in [0.15, 0.2) is 0 Å². The zero-order valence-electron chi connectivity index (χ0n) is 14.9. The molecule has 0 saturated carbocycles. The number of rotatable bonds is 4. The fourth-order valence-corrected chi connectivity index (χ4v) is 3.14. The van der Waals surface area contributed by atoms with E-state index in [1.165, 1.54) is 22.7 Å². The Kier molecular flexibility index (Phi) is 5.03. The van der Waals surface area contributed by atoms with Crippen molar-refractivity contribution in [3.05, 3.63) is 76.6 Å². The Balaban J connectivity index is 1.54. The lowest BCUT2D eigenvalue weighted by atomic mass is 10.1. The van der Waals surface area contributed by atoms with Crippen LogP contribution in [0.4, 0.5) is 4.39 Å². The van der Waals surface area contributed by atoms with Crippen LogP contribution in [0.1, 0.15) is 16.8 Å². The molecular formula is C20H18FN3O4. The molecule has 0 bridgehead atoms. The van der Waals surface area contributed by atoms with Crippen molar-refractivity contribution in [3.63, 3.8) is 0 Å². The molecule has 1 aromatic carbocycles. The summed E-state index contributed by atoms with van der Waals surface area (Å²) in [6.45, 7) is 0.694. The number of nitrogens with zero attached hydrogens (tertiary/aromatic N) is 2. The van der Waals surface area contributed by atoms with E-state index in [1.54, 1.807) is 36.5 Å². The smallest absolute Gasteiger partial charge is 0.270 e. The highest BCUT2D eigenvalue weighted by atomic mass is 19.1. The molecule has 1 N–H and O–H groups in total. The van der Waals surface area contributed by atoms with E-state index in [-0.39, 0.29) is 18.2 Å². The van der Waals surface area contributed by atoms with Crippen molar-refractivity contribution >= 4 is 11.6 Å². The Morgan fingerprint density at radius 3 is 3.04 bits per heavy atom. The number of hydrogen-bond acceptors (Lipinski definition) is 5. The summed E-state index contributed by atoms with van der Waals surface area (Å²) in [4.78, 5) is 29.5. The molecule has 0 spiro atoms. The molecule has 0 aliphatic carbocycles. The number of benzene rings is 1. The lowest BCUT2D eigenvalue weighted by molar-refractivity contribution is -0.0136. The summed E-state index contributed by atoms with van der Waals surface area (Å²) in [5.41, 5.74) is -0.0418. The second-order valence-corrected chi connectivity index (χ2v) is 6.46. The largest absolute Gasteiger partial charge is 0.486 e. The summed E-state index contributed by atoms with van der Waals surface area (Å²) >= 11 is 0. The molecule has 0 radical (unpaired) electrons. The van der Waals surface area contributed by atoms with E-state index in [0.29, 0.717) is 24.4 Å². The van der Waals surface area contributed by atoms with Crippen LogP contribution < -0.4 is 15.6 Å². The van der Waals surface area contributed by atoms with Gasteiger partial charge >= 0.3 is 0 Å². The summed E-state index contributed by atoms with van der Waals surface area (Å²) in [7, 11) is 0. The molecule has 28 heavy (non-hydrogen) atoms. The maximum absolute atomic E-state index is 13.4. The van der Waals surface area contributed by atoms with Gasteiger partial charge < -0.3 is 14.8 Å². The van der Waals surface area contributed by atoms with Crippen LogP contribution in [0.5, 0.6) is 5.75 Å². The van der Waals surface area contributed by atoms with Crippen LogP contribution in [0.2, 0.25) is 0 Å². The molecule has 1 fully saturated rings. The van der Waals surface area contributed by atoms with Gasteiger partial charge in [0, 0.05) is 25.1 Å². The number of nitrogens with one attached hydrogen (secondary N) is 1. The molecule has 1 saturated heterocycles. The first kappa shape index (κ1) is 18.1. The molecule has 1 aliphatic rings. The van der Waals surface area contributed by atoms with Crippen LogP contribution in [-0.2, 0) is 4.74 Å². The summed E-state index contributed by atoms with van der Waals surface area (Å²) in [6, 6.07) is 10.5. The van der Waals surface area contributed by atoms with E-state index < -0.39 is 23.4 Å². The topological polar surface area (TPSA) is 81.9 Å². The van der Waals surface area contributed by atoms with E-state index in [4.69, 9.17) is 9.47 Å². The minimum atomic E-state index is -0.532. The standard InChI is InChI=1S/C20H18FN3O4/c21-13-4-3-5-14(10-13)28-17-12-27-9-7-16(17)23-19(25)15-11-22-18-6-1-2-8-24(18)20(15)26/h1-6,8,10-11,16-17H,7,9,12H2,(H,23,25)/t16-,17-/m1/s1. The van der Waals surface area contributed by atoms with E-state index in [2.05, 4.69) is 10.3 Å². The predicted octanol–water partition coefficient (Wildman–Crippen LogP) is 1.80. The number of amides is 1. The number of fused-ring (bicyclic) bond motifs is 1. The molecule has 2 atom stereocenters. The monoisotopic (exact) mass is 383 g/mol. The van der Waals surface area contributed by atoms with Gasteiger partial charge in [-0.1, -0.05) is 12.1 Å². The lowest BCUT2D eigenvalue weighted by Crippen LogP contribution is -2.52. The summed E-state index contributed by atoms with van der Waals surface area (Å²) in [6.07, 6.45) is 2.84. The molecule has 0 unspecified atom stereocenters. The van der Waals surface area contributed by atoms with Crippen molar-refractivity contribution in [2.24, 2.45) is 0 Å². The van der Waals surface area contributed by atoms with Crippen LogP contribution in [0.25, 0.3) is 5.65 Å². The van der Waals surface area contributed by atoms with Gasteiger partial charge in [0.1, 0.15) is 28.9 Å². The van der Waals surface area contributed by atoms with Crippen LogP contribution in [0, 0.1) is 5.82 Å². The molecule has 3 heterocycles. The van der Waals surface area contributed by atoms with E-state index in [0.717, 1.165) is 0 Å². The van der Waals surface area contributed by atoms with Crippen molar-refractivity contribution in [1.82, 2.24) is 14.7 Å². The van der Waals surface area contributed by atoms with Gasteiger partial charge in [-0.15, -0.1) is 0 Å². The molecule has 7 nitrogen and oxygen atoms in total. The fraction of sp³-hybridized carbons (Fsp3) is 0.250. The number of carbonyl (C=O) groups excluding carboxylic acids is 1. The lowest BCUT2D eigenvalue weighted by Gasteiger charge is -2.32.